The number of fused-ring (bicyclic) bond motifs is 1. The molecule has 1 aliphatic carbocycles. The molecule has 1 fully saturated rings. The van der Waals surface area contributed by atoms with Crippen molar-refractivity contribution in [2.75, 3.05) is 0 Å². The molecule has 3 rings (SSSR count). The molecule has 2 nitrogen and oxygen atoms in total. The first kappa shape index (κ1) is 9.79. The van der Waals surface area contributed by atoms with Crippen molar-refractivity contribution >= 4 is 10.9 Å². The van der Waals surface area contributed by atoms with E-state index in [1.165, 1.54) is 10.9 Å². The van der Waals surface area contributed by atoms with Gasteiger partial charge in [-0.1, -0.05) is 18.2 Å². The van der Waals surface area contributed by atoms with E-state index in [0.717, 1.165) is 31.2 Å². The molecule has 2 aromatic rings. The highest BCUT2D eigenvalue weighted by molar-refractivity contribution is 5.81. The fourth-order valence-corrected chi connectivity index (χ4v) is 2.13. The second kappa shape index (κ2) is 3.56. The zero-order valence-corrected chi connectivity index (χ0v) is 9.19. The lowest BCUT2D eigenvalue weighted by Gasteiger charge is -2.09. The van der Waals surface area contributed by atoms with Gasteiger partial charge in [0.2, 0.25) is 0 Å². The van der Waals surface area contributed by atoms with Crippen LogP contribution >= 0.6 is 0 Å². The second-order valence-electron chi connectivity index (χ2n) is 4.71. The third kappa shape index (κ3) is 1.81. The van der Waals surface area contributed by atoms with Gasteiger partial charge in [0.15, 0.2) is 0 Å². The van der Waals surface area contributed by atoms with Crippen molar-refractivity contribution in [3.05, 3.63) is 42.1 Å². The molecule has 0 saturated heterocycles. The first-order chi connectivity index (χ1) is 7.77. The fraction of sp³-hybridized carbons (Fsp3) is 0.357. The van der Waals surface area contributed by atoms with Crippen LogP contribution in [0.2, 0.25) is 0 Å². The highest BCUT2D eigenvalue weighted by Gasteiger charge is 2.39. The van der Waals surface area contributed by atoms with E-state index in [9.17, 15) is 5.11 Å². The highest BCUT2D eigenvalue weighted by Crippen LogP contribution is 2.39. The molecule has 82 valence electrons. The quantitative estimate of drug-likeness (QED) is 0.850. The van der Waals surface area contributed by atoms with Crippen LogP contribution in [0.1, 0.15) is 24.8 Å². The van der Waals surface area contributed by atoms with E-state index in [0.29, 0.717) is 0 Å². The summed E-state index contributed by atoms with van der Waals surface area (Å²) in [4.78, 5) is 4.34. The first-order valence-electron chi connectivity index (χ1n) is 5.82. The number of rotatable bonds is 3. The van der Waals surface area contributed by atoms with Gasteiger partial charge in [-0.3, -0.25) is 4.98 Å². The van der Waals surface area contributed by atoms with Crippen LogP contribution in [0.25, 0.3) is 10.9 Å². The molecular formula is C14H15NO. The normalized spacial score (nSPS) is 17.6. The zero-order valence-electron chi connectivity index (χ0n) is 9.19. The number of para-hydroxylation sites is 1. The van der Waals surface area contributed by atoms with Crippen LogP contribution in [0, 0.1) is 0 Å². The van der Waals surface area contributed by atoms with E-state index in [1.54, 1.807) is 0 Å². The van der Waals surface area contributed by atoms with Crippen LogP contribution < -0.4 is 0 Å². The second-order valence-corrected chi connectivity index (χ2v) is 4.71. The molecule has 1 N–H and O–H groups in total. The number of nitrogens with zero attached hydrogens (tertiary/aromatic N) is 1. The first-order valence-corrected chi connectivity index (χ1v) is 5.82. The zero-order chi connectivity index (χ0) is 11.0. The Kier molecular flexibility index (Phi) is 2.18. The molecule has 1 heterocycles. The minimum Gasteiger partial charge on any atom is -0.390 e. The average molecular weight is 213 g/mol. The maximum atomic E-state index is 9.85. The SMILES string of the molecule is OC1(CCc2ccnc3ccccc23)CC1. The molecule has 0 atom stereocenters. The van der Waals surface area contributed by atoms with Gasteiger partial charge >= 0.3 is 0 Å². The average Bonchev–Trinajstić information content (AvgIpc) is 3.05. The summed E-state index contributed by atoms with van der Waals surface area (Å²) in [5.74, 6) is 0. The predicted molar refractivity (Wildman–Crippen MR) is 64.2 cm³/mol. The molecular weight excluding hydrogens is 198 g/mol. The molecule has 0 bridgehead atoms. The highest BCUT2D eigenvalue weighted by atomic mass is 16.3. The summed E-state index contributed by atoms with van der Waals surface area (Å²) in [7, 11) is 0. The standard InChI is InChI=1S/C14H15NO/c16-14(8-9-14)7-5-11-6-10-15-13-4-2-1-3-12(11)13/h1-4,6,10,16H,5,7-9H2. The van der Waals surface area contributed by atoms with Gasteiger partial charge in [-0.05, 0) is 43.4 Å². The molecule has 1 aromatic carbocycles. The maximum absolute atomic E-state index is 9.85. The van der Waals surface area contributed by atoms with Crippen molar-refractivity contribution < 1.29 is 5.11 Å². The topological polar surface area (TPSA) is 33.1 Å². The molecule has 0 spiro atoms. The van der Waals surface area contributed by atoms with Crippen LogP contribution in [0.4, 0.5) is 0 Å². The molecule has 16 heavy (non-hydrogen) atoms. The number of benzene rings is 1. The Balaban J connectivity index is 1.90. The molecule has 0 aliphatic heterocycles. The van der Waals surface area contributed by atoms with Gasteiger partial charge < -0.3 is 5.11 Å². The summed E-state index contributed by atoms with van der Waals surface area (Å²) in [6, 6.07) is 10.3. The molecule has 0 unspecified atom stereocenters. The van der Waals surface area contributed by atoms with E-state index < -0.39 is 0 Å². The number of hydrogen-bond acceptors (Lipinski definition) is 2. The van der Waals surface area contributed by atoms with Gasteiger partial charge in [0.1, 0.15) is 0 Å². The van der Waals surface area contributed by atoms with E-state index in [4.69, 9.17) is 0 Å². The third-order valence-electron chi connectivity index (χ3n) is 3.43. The number of aromatic nitrogens is 1. The van der Waals surface area contributed by atoms with Crippen molar-refractivity contribution in [2.45, 2.75) is 31.3 Å². The largest absolute Gasteiger partial charge is 0.390 e. The van der Waals surface area contributed by atoms with Crippen molar-refractivity contribution in [3.8, 4) is 0 Å². The summed E-state index contributed by atoms with van der Waals surface area (Å²) in [6.45, 7) is 0. The molecule has 0 amide bonds. The van der Waals surface area contributed by atoms with Gasteiger partial charge in [0.25, 0.3) is 0 Å². The fourth-order valence-electron chi connectivity index (χ4n) is 2.13. The van der Waals surface area contributed by atoms with Crippen LogP contribution in [-0.2, 0) is 6.42 Å². The Morgan fingerprint density at radius 3 is 2.81 bits per heavy atom. The summed E-state index contributed by atoms with van der Waals surface area (Å²) >= 11 is 0. The Morgan fingerprint density at radius 1 is 1.19 bits per heavy atom. The lowest BCUT2D eigenvalue weighted by atomic mass is 10.0. The van der Waals surface area contributed by atoms with Crippen LogP contribution in [0.3, 0.4) is 0 Å². The number of aryl methyl sites for hydroxylation is 1. The van der Waals surface area contributed by atoms with Gasteiger partial charge in [-0.15, -0.1) is 0 Å². The molecule has 1 aliphatic rings. The molecule has 0 radical (unpaired) electrons. The van der Waals surface area contributed by atoms with Crippen LogP contribution in [0.15, 0.2) is 36.5 Å². The smallest absolute Gasteiger partial charge is 0.0704 e. The van der Waals surface area contributed by atoms with E-state index in [2.05, 4.69) is 17.1 Å². The van der Waals surface area contributed by atoms with Crippen molar-refractivity contribution in [2.24, 2.45) is 0 Å². The monoisotopic (exact) mass is 213 g/mol. The van der Waals surface area contributed by atoms with Crippen molar-refractivity contribution in [3.63, 3.8) is 0 Å². The minimum atomic E-state index is -0.357. The minimum absolute atomic E-state index is 0.357. The van der Waals surface area contributed by atoms with E-state index in [-0.39, 0.29) is 5.60 Å². The van der Waals surface area contributed by atoms with E-state index in [1.807, 2.05) is 24.4 Å². The lowest BCUT2D eigenvalue weighted by molar-refractivity contribution is 0.140. The van der Waals surface area contributed by atoms with Crippen molar-refractivity contribution in [1.29, 1.82) is 0 Å². The number of aliphatic hydroxyl groups is 1. The predicted octanol–water partition coefficient (Wildman–Crippen LogP) is 2.69. The Hall–Kier alpha value is -1.41. The summed E-state index contributed by atoms with van der Waals surface area (Å²) in [5, 5.41) is 11.1. The van der Waals surface area contributed by atoms with E-state index >= 15 is 0 Å². The summed E-state index contributed by atoms with van der Waals surface area (Å²) < 4.78 is 0. The third-order valence-corrected chi connectivity index (χ3v) is 3.43. The van der Waals surface area contributed by atoms with Crippen LogP contribution in [-0.4, -0.2) is 15.7 Å². The number of hydrogen-bond donors (Lipinski definition) is 1. The number of pyridine rings is 1. The Bertz CT molecular complexity index is 512. The molecule has 2 heteroatoms. The Morgan fingerprint density at radius 2 is 2.00 bits per heavy atom. The maximum Gasteiger partial charge on any atom is 0.0704 e. The van der Waals surface area contributed by atoms with Crippen LogP contribution in [0.5, 0.6) is 0 Å². The Labute approximate surface area is 94.9 Å². The van der Waals surface area contributed by atoms with Gasteiger partial charge in [0, 0.05) is 11.6 Å². The lowest BCUT2D eigenvalue weighted by Crippen LogP contribution is -2.07. The summed E-state index contributed by atoms with van der Waals surface area (Å²) in [5.41, 5.74) is 1.98. The van der Waals surface area contributed by atoms with Gasteiger partial charge in [-0.2, -0.15) is 0 Å². The van der Waals surface area contributed by atoms with Gasteiger partial charge in [0.05, 0.1) is 11.1 Å². The van der Waals surface area contributed by atoms with Gasteiger partial charge in [-0.25, -0.2) is 0 Å². The summed E-state index contributed by atoms with van der Waals surface area (Å²) in [6.07, 6.45) is 5.61. The molecule has 1 aromatic heterocycles. The molecule has 1 saturated carbocycles. The van der Waals surface area contributed by atoms with Crippen molar-refractivity contribution in [1.82, 2.24) is 4.98 Å².